The largest absolute Gasteiger partial charge is 1.00 e. The van der Waals surface area contributed by atoms with Crippen molar-refractivity contribution in [1.29, 1.82) is 0 Å². The van der Waals surface area contributed by atoms with Crippen molar-refractivity contribution in [3.05, 3.63) is 12.2 Å². The van der Waals surface area contributed by atoms with Crippen LogP contribution in [0.1, 0.15) is 6.92 Å². The average molecular weight is 206 g/mol. The van der Waals surface area contributed by atoms with Crippen LogP contribution in [0, 0.1) is 0 Å². The molecule has 8 heteroatoms. The summed E-state index contributed by atoms with van der Waals surface area (Å²) in [5, 5.41) is 7.89. The average Bonchev–Trinajstić information content (AvgIpc) is 1.59. The van der Waals surface area contributed by atoms with E-state index in [2.05, 4.69) is 6.58 Å². The van der Waals surface area contributed by atoms with Gasteiger partial charge in [0, 0.05) is 5.57 Å². The summed E-state index contributed by atoms with van der Waals surface area (Å²) >= 11 is 0. The molecule has 0 heterocycles. The topological polar surface area (TPSA) is 118 Å². The van der Waals surface area contributed by atoms with Gasteiger partial charge in [-0.1, -0.05) is 6.58 Å². The summed E-state index contributed by atoms with van der Waals surface area (Å²) in [5.74, 6) is -0.935. The Morgan fingerprint density at radius 2 is 1.58 bits per heavy atom. The van der Waals surface area contributed by atoms with E-state index in [4.69, 9.17) is 24.4 Å². The zero-order valence-corrected chi connectivity index (χ0v) is 9.62. The molecule has 0 aromatic rings. The van der Waals surface area contributed by atoms with Crippen molar-refractivity contribution < 1.29 is 58.7 Å². The van der Waals surface area contributed by atoms with Crippen molar-refractivity contribution in [2.24, 2.45) is 0 Å². The monoisotopic (exact) mass is 206 g/mol. The molecule has 0 rings (SSSR count). The summed E-state index contributed by atoms with van der Waals surface area (Å²) in [6.07, 6.45) is 0. The second-order valence-electron chi connectivity index (χ2n) is 1.58. The van der Waals surface area contributed by atoms with Crippen LogP contribution >= 0.6 is 7.82 Å². The molecule has 0 spiro atoms. The SMILES string of the molecule is C=C(C)C(=O)O.O=P([O-])(O)O.[Na+]. The molecule has 0 aromatic carbocycles. The maximum Gasteiger partial charge on any atom is 1.00 e. The third-order valence-corrected chi connectivity index (χ3v) is 0.365. The molecule has 0 amide bonds. The number of aliphatic carboxylic acids is 1. The Kier molecular flexibility index (Phi) is 12.0. The molecule has 0 fully saturated rings. The summed E-state index contributed by atoms with van der Waals surface area (Å²) in [4.78, 5) is 32.5. The molecule has 0 aromatic heterocycles. The summed E-state index contributed by atoms with van der Waals surface area (Å²) in [6.45, 7) is 4.60. The van der Waals surface area contributed by atoms with Gasteiger partial charge in [-0.3, -0.25) is 4.57 Å². The number of rotatable bonds is 1. The zero-order chi connectivity index (χ0) is 9.65. The molecule has 3 N–H and O–H groups in total. The maximum atomic E-state index is 9.60. The van der Waals surface area contributed by atoms with Crippen LogP contribution < -0.4 is 34.5 Å². The van der Waals surface area contributed by atoms with Crippen LogP contribution in [0.4, 0.5) is 0 Å². The second-order valence-corrected chi connectivity index (χ2v) is 2.56. The van der Waals surface area contributed by atoms with Gasteiger partial charge in [0.25, 0.3) is 7.82 Å². The fourth-order valence-corrected chi connectivity index (χ4v) is 0. The van der Waals surface area contributed by atoms with Gasteiger partial charge in [-0.15, -0.1) is 0 Å². The molecule has 0 atom stereocenters. The number of carbonyl (C=O) groups is 1. The van der Waals surface area contributed by atoms with Crippen LogP contribution in [0.3, 0.4) is 0 Å². The minimum Gasteiger partial charge on any atom is -0.756 e. The van der Waals surface area contributed by atoms with Crippen molar-refractivity contribution in [3.63, 3.8) is 0 Å². The van der Waals surface area contributed by atoms with E-state index in [-0.39, 0.29) is 35.1 Å². The van der Waals surface area contributed by atoms with E-state index >= 15 is 0 Å². The predicted octanol–water partition coefficient (Wildman–Crippen LogP) is -3.91. The number of phosphoric acid groups is 1. The van der Waals surface area contributed by atoms with Gasteiger partial charge in [-0.05, 0) is 6.92 Å². The predicted molar refractivity (Wildman–Crippen MR) is 34.5 cm³/mol. The first kappa shape index (κ1) is 18.2. The Bertz CT molecular complexity index is 175. The van der Waals surface area contributed by atoms with Gasteiger partial charge in [0.15, 0.2) is 0 Å². The molecule has 0 bridgehead atoms. The van der Waals surface area contributed by atoms with E-state index in [1.165, 1.54) is 6.92 Å². The quantitative estimate of drug-likeness (QED) is 0.229. The Labute approximate surface area is 91.5 Å². The molecular weight excluding hydrogens is 198 g/mol. The van der Waals surface area contributed by atoms with Crippen molar-refractivity contribution in [2.75, 3.05) is 0 Å². The molecule has 0 radical (unpaired) electrons. The first-order chi connectivity index (χ1) is 4.64. The smallest absolute Gasteiger partial charge is 0.756 e. The van der Waals surface area contributed by atoms with Crippen LogP contribution in [0.5, 0.6) is 0 Å². The molecule has 12 heavy (non-hydrogen) atoms. The summed E-state index contributed by atoms with van der Waals surface area (Å²) < 4.78 is 8.77. The van der Waals surface area contributed by atoms with E-state index < -0.39 is 13.8 Å². The van der Waals surface area contributed by atoms with Gasteiger partial charge < -0.3 is 19.8 Å². The van der Waals surface area contributed by atoms with E-state index in [1.807, 2.05) is 0 Å². The molecular formula is C4H8NaO6P. The van der Waals surface area contributed by atoms with Crippen LogP contribution in [-0.4, -0.2) is 20.9 Å². The van der Waals surface area contributed by atoms with Crippen molar-refractivity contribution >= 4 is 13.8 Å². The molecule has 0 saturated carbocycles. The van der Waals surface area contributed by atoms with E-state index in [0.717, 1.165) is 0 Å². The van der Waals surface area contributed by atoms with Gasteiger partial charge in [0.05, 0.1) is 0 Å². The first-order valence-corrected chi connectivity index (χ1v) is 3.83. The Hall–Kier alpha value is 0.320. The zero-order valence-electron chi connectivity index (χ0n) is 6.72. The third kappa shape index (κ3) is 48.0. The summed E-state index contributed by atoms with van der Waals surface area (Å²) in [5.41, 5.74) is 0.176. The molecule has 6 nitrogen and oxygen atoms in total. The van der Waals surface area contributed by atoms with Gasteiger partial charge in [0.1, 0.15) is 0 Å². The Morgan fingerprint density at radius 3 is 1.58 bits per heavy atom. The normalized spacial score (nSPS) is 8.67. The van der Waals surface area contributed by atoms with E-state index in [0.29, 0.717) is 0 Å². The van der Waals surface area contributed by atoms with Crippen LogP contribution in [0.25, 0.3) is 0 Å². The minimum absolute atomic E-state index is 0. The van der Waals surface area contributed by atoms with Crippen molar-refractivity contribution in [1.82, 2.24) is 0 Å². The van der Waals surface area contributed by atoms with Gasteiger partial charge in [0.2, 0.25) is 0 Å². The fourth-order valence-electron chi connectivity index (χ4n) is 0. The fraction of sp³-hybridized carbons (Fsp3) is 0.250. The Balaban J connectivity index is -0.000000126. The summed E-state index contributed by atoms with van der Waals surface area (Å²) in [6, 6.07) is 0. The molecule has 0 aliphatic rings. The van der Waals surface area contributed by atoms with Crippen LogP contribution in [-0.2, 0) is 9.36 Å². The minimum atomic E-state index is -4.89. The van der Waals surface area contributed by atoms with Crippen LogP contribution in [0.15, 0.2) is 12.2 Å². The van der Waals surface area contributed by atoms with Gasteiger partial charge in [-0.25, -0.2) is 4.79 Å². The van der Waals surface area contributed by atoms with Gasteiger partial charge in [-0.2, -0.15) is 0 Å². The van der Waals surface area contributed by atoms with Crippen molar-refractivity contribution in [2.45, 2.75) is 6.92 Å². The van der Waals surface area contributed by atoms with E-state index in [1.54, 1.807) is 0 Å². The number of hydrogen-bond donors (Lipinski definition) is 3. The number of carboxylic acid groups (broad SMARTS) is 1. The first-order valence-electron chi connectivity index (χ1n) is 2.30. The molecule has 0 aliphatic carbocycles. The molecule has 0 unspecified atom stereocenters. The summed E-state index contributed by atoms with van der Waals surface area (Å²) in [7, 11) is -4.89. The van der Waals surface area contributed by atoms with Crippen molar-refractivity contribution in [3.8, 4) is 0 Å². The maximum absolute atomic E-state index is 9.60. The standard InChI is InChI=1S/C4H6O2.Na.H3O4P/c1-3(2)4(5)6;;1-5(2,3)4/h1H2,2H3,(H,5,6);;(H3,1,2,3,4)/q;+1;/p-1. The molecule has 66 valence electrons. The molecule has 0 saturated heterocycles. The number of hydrogen-bond acceptors (Lipinski definition) is 3. The van der Waals surface area contributed by atoms with E-state index in [9.17, 15) is 4.79 Å². The number of carboxylic acids is 1. The molecule has 0 aliphatic heterocycles. The second kappa shape index (κ2) is 7.94. The third-order valence-electron chi connectivity index (χ3n) is 0.365. The van der Waals surface area contributed by atoms with Gasteiger partial charge >= 0.3 is 35.5 Å². The Morgan fingerprint density at radius 1 is 1.50 bits per heavy atom. The van der Waals surface area contributed by atoms with Crippen LogP contribution in [0.2, 0.25) is 0 Å².